The smallest absolute Gasteiger partial charge is 0.257 e. The molecule has 2 aromatic rings. The molecule has 0 aliphatic carbocycles. The molecule has 22 heavy (non-hydrogen) atoms. The van der Waals surface area contributed by atoms with E-state index in [1.54, 1.807) is 4.90 Å². The van der Waals surface area contributed by atoms with Crippen LogP contribution in [0.5, 0.6) is 11.5 Å². The minimum atomic E-state index is -0.220. The van der Waals surface area contributed by atoms with Crippen molar-refractivity contribution in [1.29, 1.82) is 0 Å². The number of carbonyl (C=O) groups excluding carboxylic acids is 1. The number of carbonyl (C=O) groups is 1. The van der Waals surface area contributed by atoms with Crippen LogP contribution in [0.4, 0.5) is 0 Å². The lowest BCUT2D eigenvalue weighted by molar-refractivity contribution is 0.0788. The summed E-state index contributed by atoms with van der Waals surface area (Å²) in [4.78, 5) is 14.2. The first-order chi connectivity index (χ1) is 10.5. The lowest BCUT2D eigenvalue weighted by atomic mass is 9.99. The van der Waals surface area contributed by atoms with Crippen LogP contribution in [0.15, 0.2) is 42.5 Å². The Labute approximate surface area is 133 Å². The molecule has 1 atom stereocenters. The molecule has 0 spiro atoms. The molecule has 0 saturated carbocycles. The van der Waals surface area contributed by atoms with Crippen LogP contribution in [0.1, 0.15) is 28.3 Å². The maximum Gasteiger partial charge on any atom is 0.257 e. The van der Waals surface area contributed by atoms with Crippen LogP contribution in [-0.4, -0.2) is 34.1 Å². The first-order valence-electron chi connectivity index (χ1n) is 7.11. The zero-order valence-corrected chi connectivity index (χ0v) is 12.6. The van der Waals surface area contributed by atoms with Crippen molar-refractivity contribution >= 4 is 17.5 Å². The molecule has 2 aromatic carbocycles. The fourth-order valence-corrected chi connectivity index (χ4v) is 3.05. The molecular weight excluding hydrogens is 302 g/mol. The number of aromatic hydroxyl groups is 2. The second kappa shape index (κ2) is 5.89. The van der Waals surface area contributed by atoms with Crippen molar-refractivity contribution in [2.75, 3.05) is 13.1 Å². The number of hydrogen-bond donors (Lipinski definition) is 2. The van der Waals surface area contributed by atoms with Gasteiger partial charge >= 0.3 is 0 Å². The van der Waals surface area contributed by atoms with Crippen LogP contribution in [0.25, 0.3) is 0 Å². The molecule has 1 fully saturated rings. The molecule has 5 heteroatoms. The van der Waals surface area contributed by atoms with Gasteiger partial charge in [0.25, 0.3) is 5.91 Å². The highest BCUT2D eigenvalue weighted by Gasteiger charge is 2.29. The second-order valence-electron chi connectivity index (χ2n) is 5.49. The highest BCUT2D eigenvalue weighted by molar-refractivity contribution is 6.30. The molecule has 114 valence electrons. The predicted octanol–water partition coefficient (Wildman–Crippen LogP) is 3.38. The van der Waals surface area contributed by atoms with Crippen LogP contribution >= 0.6 is 11.6 Å². The number of nitrogens with zero attached hydrogens (tertiary/aromatic N) is 1. The molecule has 0 aromatic heterocycles. The zero-order chi connectivity index (χ0) is 15.7. The first kappa shape index (κ1) is 14.7. The Morgan fingerprint density at radius 1 is 1.18 bits per heavy atom. The maximum absolute atomic E-state index is 12.5. The topological polar surface area (TPSA) is 60.8 Å². The van der Waals surface area contributed by atoms with Crippen molar-refractivity contribution < 1.29 is 15.0 Å². The zero-order valence-electron chi connectivity index (χ0n) is 11.9. The molecular formula is C17H16ClNO3. The van der Waals surface area contributed by atoms with E-state index in [1.807, 2.05) is 24.3 Å². The molecule has 3 rings (SSSR count). The van der Waals surface area contributed by atoms with Crippen LogP contribution in [0.3, 0.4) is 0 Å². The lowest BCUT2D eigenvalue weighted by Gasteiger charge is -2.17. The number of phenols is 2. The van der Waals surface area contributed by atoms with Crippen LogP contribution in [-0.2, 0) is 0 Å². The minimum Gasteiger partial charge on any atom is -0.508 e. The summed E-state index contributed by atoms with van der Waals surface area (Å²) in [7, 11) is 0. The van der Waals surface area contributed by atoms with E-state index in [1.165, 1.54) is 18.2 Å². The van der Waals surface area contributed by atoms with E-state index in [0.29, 0.717) is 18.1 Å². The molecule has 1 aliphatic rings. The lowest BCUT2D eigenvalue weighted by Crippen LogP contribution is -2.28. The van der Waals surface area contributed by atoms with Gasteiger partial charge in [-0.1, -0.05) is 23.7 Å². The standard InChI is InChI=1S/C17H16ClNO3/c18-13-3-1-2-11(8-13)12-6-7-19(10-12)17(22)15-5-4-14(20)9-16(15)21/h1-5,8-9,12,20-21H,6-7,10H2/t12-/m1/s1. The number of likely N-dealkylation sites (tertiary alicyclic amines) is 1. The summed E-state index contributed by atoms with van der Waals surface area (Å²) in [5.41, 5.74) is 1.34. The summed E-state index contributed by atoms with van der Waals surface area (Å²) < 4.78 is 0. The fraction of sp³-hybridized carbons (Fsp3) is 0.235. The SMILES string of the molecule is O=C(c1ccc(O)cc1O)N1CC[C@@H](c2cccc(Cl)c2)C1. The number of amides is 1. The minimum absolute atomic E-state index is 0.0627. The van der Waals surface area contributed by atoms with Gasteiger partial charge in [0.1, 0.15) is 11.5 Å². The molecule has 1 heterocycles. The summed E-state index contributed by atoms with van der Waals surface area (Å²) in [6.45, 7) is 1.23. The number of phenolic OH excluding ortho intramolecular Hbond substituents is 2. The Balaban J connectivity index is 1.76. The summed E-state index contributed by atoms with van der Waals surface area (Å²) >= 11 is 6.02. The van der Waals surface area contributed by atoms with E-state index in [9.17, 15) is 15.0 Å². The molecule has 1 saturated heterocycles. The van der Waals surface area contributed by atoms with Crippen molar-refractivity contribution in [2.24, 2.45) is 0 Å². The van der Waals surface area contributed by atoms with Crippen LogP contribution in [0.2, 0.25) is 5.02 Å². The van der Waals surface area contributed by atoms with Crippen molar-refractivity contribution in [1.82, 2.24) is 4.90 Å². The van der Waals surface area contributed by atoms with Crippen molar-refractivity contribution in [3.63, 3.8) is 0 Å². The molecule has 1 aliphatic heterocycles. The van der Waals surface area contributed by atoms with Crippen molar-refractivity contribution in [3.05, 3.63) is 58.6 Å². The molecule has 0 radical (unpaired) electrons. The van der Waals surface area contributed by atoms with Gasteiger partial charge in [-0.3, -0.25) is 4.79 Å². The van der Waals surface area contributed by atoms with E-state index in [4.69, 9.17) is 11.6 Å². The number of benzene rings is 2. The van der Waals surface area contributed by atoms with E-state index in [-0.39, 0.29) is 28.9 Å². The van der Waals surface area contributed by atoms with Crippen LogP contribution in [0, 0.1) is 0 Å². The van der Waals surface area contributed by atoms with Crippen LogP contribution < -0.4 is 0 Å². The summed E-state index contributed by atoms with van der Waals surface area (Å²) in [6.07, 6.45) is 0.866. The summed E-state index contributed by atoms with van der Waals surface area (Å²) in [5.74, 6) is -0.229. The number of hydrogen-bond acceptors (Lipinski definition) is 3. The first-order valence-corrected chi connectivity index (χ1v) is 7.49. The normalized spacial score (nSPS) is 17.7. The molecule has 2 N–H and O–H groups in total. The highest BCUT2D eigenvalue weighted by atomic mass is 35.5. The Morgan fingerprint density at radius 2 is 2.00 bits per heavy atom. The largest absolute Gasteiger partial charge is 0.508 e. The average Bonchev–Trinajstić information content (AvgIpc) is 2.96. The van der Waals surface area contributed by atoms with Gasteiger partial charge in [-0.25, -0.2) is 0 Å². The fourth-order valence-electron chi connectivity index (χ4n) is 2.85. The van der Waals surface area contributed by atoms with Gasteiger partial charge in [-0.15, -0.1) is 0 Å². The molecule has 0 unspecified atom stereocenters. The van der Waals surface area contributed by atoms with E-state index < -0.39 is 0 Å². The van der Waals surface area contributed by atoms with Gasteiger partial charge in [-0.2, -0.15) is 0 Å². The highest BCUT2D eigenvalue weighted by Crippen LogP contribution is 2.31. The van der Waals surface area contributed by atoms with Gasteiger partial charge in [0, 0.05) is 30.1 Å². The summed E-state index contributed by atoms with van der Waals surface area (Å²) in [5, 5.41) is 19.8. The third-order valence-corrected chi connectivity index (χ3v) is 4.24. The quantitative estimate of drug-likeness (QED) is 0.892. The predicted molar refractivity (Wildman–Crippen MR) is 84.5 cm³/mol. The van der Waals surface area contributed by atoms with E-state index in [0.717, 1.165) is 12.0 Å². The van der Waals surface area contributed by atoms with Crippen molar-refractivity contribution in [3.8, 4) is 11.5 Å². The monoisotopic (exact) mass is 317 g/mol. The van der Waals surface area contributed by atoms with Crippen molar-refractivity contribution in [2.45, 2.75) is 12.3 Å². The molecule has 0 bridgehead atoms. The maximum atomic E-state index is 12.5. The Bertz CT molecular complexity index is 717. The van der Waals surface area contributed by atoms with E-state index >= 15 is 0 Å². The van der Waals surface area contributed by atoms with Gasteiger partial charge in [-0.05, 0) is 36.2 Å². The van der Waals surface area contributed by atoms with Gasteiger partial charge in [0.05, 0.1) is 5.56 Å². The molecule has 4 nitrogen and oxygen atoms in total. The number of rotatable bonds is 2. The third kappa shape index (κ3) is 2.88. The molecule has 1 amide bonds. The van der Waals surface area contributed by atoms with Gasteiger partial charge in [0.2, 0.25) is 0 Å². The Hall–Kier alpha value is -2.20. The number of halogens is 1. The van der Waals surface area contributed by atoms with Gasteiger partial charge < -0.3 is 15.1 Å². The second-order valence-corrected chi connectivity index (χ2v) is 5.93. The van der Waals surface area contributed by atoms with E-state index in [2.05, 4.69) is 0 Å². The summed E-state index contributed by atoms with van der Waals surface area (Å²) in [6, 6.07) is 11.7. The van der Waals surface area contributed by atoms with Gasteiger partial charge in [0.15, 0.2) is 0 Å². The average molecular weight is 318 g/mol. The Kier molecular flexibility index (Phi) is 3.94. The Morgan fingerprint density at radius 3 is 2.73 bits per heavy atom. The third-order valence-electron chi connectivity index (χ3n) is 4.01.